The van der Waals surface area contributed by atoms with Gasteiger partial charge in [0.25, 0.3) is 0 Å². The summed E-state index contributed by atoms with van der Waals surface area (Å²) in [6.45, 7) is 0. The summed E-state index contributed by atoms with van der Waals surface area (Å²) in [4.78, 5) is -0.779. The average Bonchev–Trinajstić information content (AvgIpc) is 2.45. The summed E-state index contributed by atoms with van der Waals surface area (Å²) in [5.41, 5.74) is 5.06. The van der Waals surface area contributed by atoms with Crippen LogP contribution >= 0.6 is 11.8 Å². The van der Waals surface area contributed by atoms with Crippen molar-refractivity contribution in [2.24, 2.45) is 10.9 Å². The predicted molar refractivity (Wildman–Crippen MR) is 69.3 cm³/mol. The maximum absolute atomic E-state index is 13.9. The van der Waals surface area contributed by atoms with Crippen molar-refractivity contribution in [3.8, 4) is 0 Å². The lowest BCUT2D eigenvalue weighted by Gasteiger charge is -2.08. The van der Waals surface area contributed by atoms with Crippen LogP contribution in [0.15, 0.2) is 45.3 Å². The summed E-state index contributed by atoms with van der Waals surface area (Å²) in [5.74, 6) is -4.08. The number of amidine groups is 1. The molecule has 0 saturated heterocycles. The Morgan fingerprint density at radius 3 is 2.19 bits per heavy atom. The first kappa shape index (κ1) is 15.2. The topological polar surface area (TPSA) is 58.6 Å². The molecule has 110 valence electrons. The fourth-order valence-electron chi connectivity index (χ4n) is 1.53. The highest BCUT2D eigenvalue weighted by Crippen LogP contribution is 2.34. The third-order valence-electron chi connectivity index (χ3n) is 2.51. The number of rotatable bonds is 3. The van der Waals surface area contributed by atoms with Gasteiger partial charge in [0.05, 0.1) is 9.79 Å². The molecule has 3 nitrogen and oxygen atoms in total. The highest BCUT2D eigenvalue weighted by molar-refractivity contribution is 7.99. The Balaban J connectivity index is 2.43. The third-order valence-corrected chi connectivity index (χ3v) is 3.63. The van der Waals surface area contributed by atoms with Gasteiger partial charge in [-0.3, -0.25) is 0 Å². The van der Waals surface area contributed by atoms with Crippen molar-refractivity contribution in [1.29, 1.82) is 0 Å². The first-order chi connectivity index (χ1) is 9.92. The van der Waals surface area contributed by atoms with Crippen molar-refractivity contribution < 1.29 is 22.8 Å². The number of nitrogens with two attached hydrogens (primary N) is 1. The molecule has 0 spiro atoms. The van der Waals surface area contributed by atoms with E-state index in [1.54, 1.807) is 0 Å². The van der Waals surface area contributed by atoms with Crippen LogP contribution in [-0.2, 0) is 0 Å². The number of hydrogen-bond acceptors (Lipinski definition) is 3. The minimum Gasteiger partial charge on any atom is -0.409 e. The van der Waals surface area contributed by atoms with Crippen molar-refractivity contribution in [3.05, 3.63) is 59.2 Å². The Hall–Kier alpha value is -2.22. The number of halogens is 4. The third kappa shape index (κ3) is 3.27. The van der Waals surface area contributed by atoms with Gasteiger partial charge in [-0.05, 0) is 30.3 Å². The van der Waals surface area contributed by atoms with Gasteiger partial charge < -0.3 is 10.9 Å². The fourth-order valence-corrected chi connectivity index (χ4v) is 2.40. The van der Waals surface area contributed by atoms with Crippen LogP contribution < -0.4 is 5.73 Å². The van der Waals surface area contributed by atoms with Gasteiger partial charge in [0.15, 0.2) is 5.84 Å². The summed E-state index contributed by atoms with van der Waals surface area (Å²) in [7, 11) is 0. The average molecular weight is 316 g/mol. The molecule has 0 amide bonds. The van der Waals surface area contributed by atoms with Gasteiger partial charge in [0.2, 0.25) is 0 Å². The van der Waals surface area contributed by atoms with Gasteiger partial charge in [-0.1, -0.05) is 16.9 Å². The summed E-state index contributed by atoms with van der Waals surface area (Å²) in [6.07, 6.45) is 0. The van der Waals surface area contributed by atoms with Crippen molar-refractivity contribution in [3.63, 3.8) is 0 Å². The molecule has 0 atom stereocenters. The Kier molecular flexibility index (Phi) is 4.37. The molecule has 21 heavy (non-hydrogen) atoms. The molecule has 0 aliphatic heterocycles. The molecule has 0 saturated carbocycles. The van der Waals surface area contributed by atoms with Crippen LogP contribution in [0.3, 0.4) is 0 Å². The molecule has 0 aromatic heterocycles. The molecule has 0 unspecified atom stereocenters. The van der Waals surface area contributed by atoms with Crippen LogP contribution in [0, 0.1) is 23.3 Å². The summed E-state index contributed by atoms with van der Waals surface area (Å²) < 4.78 is 54.2. The molecule has 2 rings (SSSR count). The van der Waals surface area contributed by atoms with Crippen molar-refractivity contribution in [1.82, 2.24) is 0 Å². The standard InChI is InChI=1S/C13H8F4N2OS/c14-7-1-2-8(15)11(5-7)21-12-9(16)3-6(4-10(12)17)13(18)19-20/h1-5,20H,(H2,18,19). The van der Waals surface area contributed by atoms with E-state index in [1.165, 1.54) is 0 Å². The van der Waals surface area contributed by atoms with Crippen LogP contribution in [0.2, 0.25) is 0 Å². The molecule has 0 aliphatic carbocycles. The quantitative estimate of drug-likeness (QED) is 0.300. The maximum Gasteiger partial charge on any atom is 0.170 e. The highest BCUT2D eigenvalue weighted by atomic mass is 32.2. The van der Waals surface area contributed by atoms with Gasteiger partial charge in [-0.25, -0.2) is 17.6 Å². The van der Waals surface area contributed by atoms with E-state index in [4.69, 9.17) is 10.9 Å². The minimum atomic E-state index is -1.04. The summed E-state index contributed by atoms with van der Waals surface area (Å²) in [5, 5.41) is 11.1. The van der Waals surface area contributed by atoms with E-state index < -0.39 is 34.0 Å². The lowest BCUT2D eigenvalue weighted by molar-refractivity contribution is 0.318. The van der Waals surface area contributed by atoms with Gasteiger partial charge >= 0.3 is 0 Å². The van der Waals surface area contributed by atoms with Gasteiger partial charge in [-0.15, -0.1) is 0 Å². The lowest BCUT2D eigenvalue weighted by Crippen LogP contribution is -2.14. The maximum atomic E-state index is 13.9. The molecule has 0 fully saturated rings. The van der Waals surface area contributed by atoms with Gasteiger partial charge in [0, 0.05) is 5.56 Å². The molecule has 0 bridgehead atoms. The van der Waals surface area contributed by atoms with E-state index in [9.17, 15) is 17.6 Å². The Morgan fingerprint density at radius 2 is 1.62 bits per heavy atom. The number of nitrogens with zero attached hydrogens (tertiary/aromatic N) is 1. The second-order valence-corrected chi connectivity index (χ2v) is 4.98. The van der Waals surface area contributed by atoms with Crippen LogP contribution in [0.1, 0.15) is 5.56 Å². The summed E-state index contributed by atoms with van der Waals surface area (Å²) in [6, 6.07) is 4.25. The van der Waals surface area contributed by atoms with Crippen molar-refractivity contribution in [2.45, 2.75) is 9.79 Å². The number of oxime groups is 1. The molecular weight excluding hydrogens is 308 g/mol. The molecule has 2 aromatic rings. The lowest BCUT2D eigenvalue weighted by atomic mass is 10.2. The normalized spacial score (nSPS) is 11.7. The SMILES string of the molecule is N/C(=N/O)c1cc(F)c(Sc2cc(F)ccc2F)c(F)c1. The second-order valence-electron chi connectivity index (χ2n) is 3.93. The molecular formula is C13H8F4N2OS. The van der Waals surface area contributed by atoms with E-state index in [2.05, 4.69) is 5.16 Å². The molecule has 0 heterocycles. The smallest absolute Gasteiger partial charge is 0.170 e. The molecule has 0 radical (unpaired) electrons. The van der Waals surface area contributed by atoms with Gasteiger partial charge in [0.1, 0.15) is 23.3 Å². The first-order valence-electron chi connectivity index (χ1n) is 5.52. The molecule has 8 heteroatoms. The van der Waals surface area contributed by atoms with E-state index in [1.807, 2.05) is 0 Å². The molecule has 0 aliphatic rings. The zero-order valence-electron chi connectivity index (χ0n) is 10.3. The minimum absolute atomic E-state index is 0.170. The van der Waals surface area contributed by atoms with Crippen LogP contribution in [0.5, 0.6) is 0 Å². The predicted octanol–water partition coefficient (Wildman–Crippen LogP) is 3.49. The molecule has 2 aromatic carbocycles. The Labute approximate surface area is 121 Å². The van der Waals surface area contributed by atoms with Crippen molar-refractivity contribution >= 4 is 17.6 Å². The summed E-state index contributed by atoms with van der Waals surface area (Å²) >= 11 is 0.401. The Bertz CT molecular complexity index is 698. The zero-order valence-corrected chi connectivity index (χ0v) is 11.1. The zero-order chi connectivity index (χ0) is 15.6. The monoisotopic (exact) mass is 316 g/mol. The van der Waals surface area contributed by atoms with E-state index in [0.717, 1.165) is 30.3 Å². The van der Waals surface area contributed by atoms with Gasteiger partial charge in [-0.2, -0.15) is 0 Å². The van der Waals surface area contributed by atoms with Crippen LogP contribution in [0.25, 0.3) is 0 Å². The largest absolute Gasteiger partial charge is 0.409 e. The Morgan fingerprint density at radius 1 is 1.00 bits per heavy atom. The molecule has 3 N–H and O–H groups in total. The van der Waals surface area contributed by atoms with Crippen LogP contribution in [0.4, 0.5) is 17.6 Å². The first-order valence-corrected chi connectivity index (χ1v) is 6.34. The second kappa shape index (κ2) is 6.04. The number of hydrogen-bond donors (Lipinski definition) is 2. The highest BCUT2D eigenvalue weighted by Gasteiger charge is 2.16. The fraction of sp³-hybridized carbons (Fsp3) is 0. The van der Waals surface area contributed by atoms with E-state index >= 15 is 0 Å². The van der Waals surface area contributed by atoms with E-state index in [0.29, 0.717) is 11.8 Å². The van der Waals surface area contributed by atoms with Crippen molar-refractivity contribution in [2.75, 3.05) is 0 Å². The van der Waals surface area contributed by atoms with Crippen LogP contribution in [-0.4, -0.2) is 11.0 Å². The van der Waals surface area contributed by atoms with E-state index in [-0.39, 0.29) is 10.5 Å². The number of benzene rings is 2.